The molecule has 1 amide bonds. The zero-order chi connectivity index (χ0) is 18.8. The van der Waals surface area contributed by atoms with Gasteiger partial charge in [-0.15, -0.1) is 0 Å². The molecule has 0 fully saturated rings. The maximum atomic E-state index is 12.2. The summed E-state index contributed by atoms with van der Waals surface area (Å²) in [6.45, 7) is 10.0. The average Bonchev–Trinajstić information content (AvgIpc) is 2.94. The molecule has 0 saturated heterocycles. The third-order valence-electron chi connectivity index (χ3n) is 4.43. The molecular formula is C22H29N3O. The molecule has 1 heterocycles. The number of hydrogen-bond donors (Lipinski definition) is 2. The lowest BCUT2D eigenvalue weighted by Crippen LogP contribution is -2.32. The molecule has 26 heavy (non-hydrogen) atoms. The predicted octanol–water partition coefficient (Wildman–Crippen LogP) is 3.49. The summed E-state index contributed by atoms with van der Waals surface area (Å²) in [6, 6.07) is 6.46. The number of nitrogens with zero attached hydrogens (tertiary/aromatic N) is 1. The van der Waals surface area contributed by atoms with Crippen LogP contribution in [0.2, 0.25) is 0 Å². The molecule has 2 rings (SSSR count). The number of allylic oxidation sites excluding steroid dienone is 3. The van der Waals surface area contributed by atoms with Crippen molar-refractivity contribution in [3.05, 3.63) is 71.5 Å². The van der Waals surface area contributed by atoms with E-state index in [-0.39, 0.29) is 5.91 Å². The second-order valence-electron chi connectivity index (χ2n) is 6.27. The highest BCUT2D eigenvalue weighted by Gasteiger charge is 2.08. The number of carbonyl (C=O) groups is 1. The normalized spacial score (nSPS) is 13.1. The van der Waals surface area contributed by atoms with E-state index >= 15 is 0 Å². The van der Waals surface area contributed by atoms with Crippen LogP contribution in [-0.2, 0) is 24.2 Å². The quantitative estimate of drug-likeness (QED) is 0.669. The number of nitrogens with one attached hydrogen (secondary N) is 2. The van der Waals surface area contributed by atoms with Gasteiger partial charge in [-0.3, -0.25) is 9.79 Å². The van der Waals surface area contributed by atoms with Crippen molar-refractivity contribution in [1.29, 1.82) is 0 Å². The third-order valence-corrected chi connectivity index (χ3v) is 4.43. The van der Waals surface area contributed by atoms with Gasteiger partial charge in [-0.05, 0) is 35.6 Å². The SMILES string of the molecule is C=C(NCCC1=NCC=CC=C1)C(=O)NCc1ccc(CC)cc1CC. The van der Waals surface area contributed by atoms with Crippen molar-refractivity contribution >= 4 is 11.6 Å². The fourth-order valence-corrected chi connectivity index (χ4v) is 2.80. The Morgan fingerprint density at radius 3 is 2.77 bits per heavy atom. The Balaban J connectivity index is 1.78. The molecule has 0 unspecified atom stereocenters. The number of hydrogen-bond acceptors (Lipinski definition) is 3. The van der Waals surface area contributed by atoms with Crippen molar-refractivity contribution in [3.8, 4) is 0 Å². The maximum Gasteiger partial charge on any atom is 0.267 e. The molecule has 0 saturated carbocycles. The molecule has 138 valence electrons. The van der Waals surface area contributed by atoms with Crippen LogP contribution < -0.4 is 10.6 Å². The Kier molecular flexibility index (Phi) is 7.87. The van der Waals surface area contributed by atoms with Crippen molar-refractivity contribution in [1.82, 2.24) is 10.6 Å². The summed E-state index contributed by atoms with van der Waals surface area (Å²) in [5, 5.41) is 6.05. The first kappa shape index (κ1) is 19.7. The van der Waals surface area contributed by atoms with Gasteiger partial charge >= 0.3 is 0 Å². The van der Waals surface area contributed by atoms with Crippen LogP contribution in [0.4, 0.5) is 0 Å². The van der Waals surface area contributed by atoms with E-state index in [2.05, 4.69) is 54.3 Å². The smallest absolute Gasteiger partial charge is 0.267 e. The van der Waals surface area contributed by atoms with Crippen molar-refractivity contribution in [2.45, 2.75) is 39.7 Å². The van der Waals surface area contributed by atoms with E-state index in [9.17, 15) is 4.79 Å². The van der Waals surface area contributed by atoms with E-state index in [0.717, 1.165) is 30.5 Å². The summed E-state index contributed by atoms with van der Waals surface area (Å²) in [5.74, 6) is -0.161. The molecule has 1 aromatic carbocycles. The van der Waals surface area contributed by atoms with Crippen LogP contribution in [0.3, 0.4) is 0 Å². The van der Waals surface area contributed by atoms with E-state index in [0.29, 0.717) is 25.3 Å². The lowest BCUT2D eigenvalue weighted by atomic mass is 10.0. The van der Waals surface area contributed by atoms with Gasteiger partial charge in [0.15, 0.2) is 0 Å². The molecule has 0 aliphatic carbocycles. The molecule has 4 nitrogen and oxygen atoms in total. The molecule has 1 aliphatic heterocycles. The first-order valence-electron chi connectivity index (χ1n) is 9.32. The Morgan fingerprint density at radius 1 is 1.15 bits per heavy atom. The van der Waals surface area contributed by atoms with Crippen LogP contribution in [0.25, 0.3) is 0 Å². The number of amides is 1. The molecule has 0 radical (unpaired) electrons. The van der Waals surface area contributed by atoms with Gasteiger partial charge in [-0.25, -0.2) is 0 Å². The summed E-state index contributed by atoms with van der Waals surface area (Å²) in [4.78, 5) is 16.7. The number of carbonyl (C=O) groups excluding carboxylic acids is 1. The van der Waals surface area contributed by atoms with E-state index in [1.807, 2.05) is 24.3 Å². The Morgan fingerprint density at radius 2 is 2.00 bits per heavy atom. The summed E-state index contributed by atoms with van der Waals surface area (Å²) in [6.07, 6.45) is 10.8. The molecule has 2 N–H and O–H groups in total. The van der Waals surface area contributed by atoms with Crippen LogP contribution in [-0.4, -0.2) is 24.7 Å². The third kappa shape index (κ3) is 6.03. The molecular weight excluding hydrogens is 322 g/mol. The Labute approximate surface area is 156 Å². The minimum atomic E-state index is -0.161. The highest BCUT2D eigenvalue weighted by atomic mass is 16.2. The number of benzene rings is 1. The minimum Gasteiger partial charge on any atom is -0.381 e. The van der Waals surface area contributed by atoms with E-state index < -0.39 is 0 Å². The lowest BCUT2D eigenvalue weighted by molar-refractivity contribution is -0.118. The van der Waals surface area contributed by atoms with Crippen LogP contribution >= 0.6 is 0 Å². The lowest BCUT2D eigenvalue weighted by Gasteiger charge is -2.13. The molecule has 1 aliphatic rings. The van der Waals surface area contributed by atoms with Crippen LogP contribution in [0.5, 0.6) is 0 Å². The van der Waals surface area contributed by atoms with Crippen LogP contribution in [0.15, 0.2) is 59.8 Å². The van der Waals surface area contributed by atoms with Gasteiger partial charge in [0.1, 0.15) is 0 Å². The van der Waals surface area contributed by atoms with Gasteiger partial charge in [0, 0.05) is 25.2 Å². The minimum absolute atomic E-state index is 0.161. The van der Waals surface area contributed by atoms with Crippen molar-refractivity contribution in [2.24, 2.45) is 4.99 Å². The van der Waals surface area contributed by atoms with Gasteiger partial charge in [0.25, 0.3) is 5.91 Å². The largest absolute Gasteiger partial charge is 0.381 e. The van der Waals surface area contributed by atoms with E-state index in [1.54, 1.807) is 0 Å². The zero-order valence-corrected chi connectivity index (χ0v) is 15.8. The van der Waals surface area contributed by atoms with Gasteiger partial charge in [0.2, 0.25) is 0 Å². The second kappa shape index (κ2) is 10.4. The van der Waals surface area contributed by atoms with Crippen molar-refractivity contribution < 1.29 is 4.79 Å². The highest BCUT2D eigenvalue weighted by Crippen LogP contribution is 2.13. The van der Waals surface area contributed by atoms with Crippen LogP contribution in [0, 0.1) is 0 Å². The molecule has 0 spiro atoms. The second-order valence-corrected chi connectivity index (χ2v) is 6.27. The fourth-order valence-electron chi connectivity index (χ4n) is 2.80. The van der Waals surface area contributed by atoms with Crippen LogP contribution in [0.1, 0.15) is 37.0 Å². The Bertz CT molecular complexity index is 729. The first-order chi connectivity index (χ1) is 12.6. The van der Waals surface area contributed by atoms with Gasteiger partial charge < -0.3 is 10.6 Å². The Hall–Kier alpha value is -2.62. The fraction of sp³-hybridized carbons (Fsp3) is 0.364. The van der Waals surface area contributed by atoms with Gasteiger partial charge in [-0.2, -0.15) is 0 Å². The van der Waals surface area contributed by atoms with Gasteiger partial charge in [0.05, 0.1) is 12.2 Å². The molecule has 0 bridgehead atoms. The van der Waals surface area contributed by atoms with E-state index in [4.69, 9.17) is 0 Å². The van der Waals surface area contributed by atoms with Crippen molar-refractivity contribution in [2.75, 3.05) is 13.1 Å². The number of aryl methyl sites for hydroxylation is 2. The predicted molar refractivity (Wildman–Crippen MR) is 109 cm³/mol. The average molecular weight is 351 g/mol. The summed E-state index contributed by atoms with van der Waals surface area (Å²) < 4.78 is 0. The molecule has 0 aromatic heterocycles. The number of aliphatic imine (C=N–C) groups is 1. The molecule has 4 heteroatoms. The van der Waals surface area contributed by atoms with Crippen molar-refractivity contribution in [3.63, 3.8) is 0 Å². The summed E-state index contributed by atoms with van der Waals surface area (Å²) >= 11 is 0. The van der Waals surface area contributed by atoms with E-state index in [1.165, 1.54) is 11.1 Å². The topological polar surface area (TPSA) is 53.5 Å². The maximum absolute atomic E-state index is 12.2. The number of rotatable bonds is 9. The molecule has 0 atom stereocenters. The standard InChI is InChI=1S/C22H29N3O/c1-4-18-10-11-20(19(5-2)15-18)16-25-22(26)17(3)23-14-12-21-9-7-6-8-13-24-21/h6-11,15,23H,3-5,12-14,16H2,1-2H3,(H,25,26). The molecule has 1 aromatic rings. The summed E-state index contributed by atoms with van der Waals surface area (Å²) in [5.41, 5.74) is 5.20. The first-order valence-corrected chi connectivity index (χ1v) is 9.32. The highest BCUT2D eigenvalue weighted by molar-refractivity contribution is 5.96. The van der Waals surface area contributed by atoms with Gasteiger partial charge in [-0.1, -0.05) is 56.9 Å². The zero-order valence-electron chi connectivity index (χ0n) is 15.8. The monoisotopic (exact) mass is 351 g/mol. The summed E-state index contributed by atoms with van der Waals surface area (Å²) in [7, 11) is 0.